The van der Waals surface area contributed by atoms with Crippen molar-refractivity contribution >= 4 is 0 Å². The predicted molar refractivity (Wildman–Crippen MR) is 79.8 cm³/mol. The number of piperidine rings is 1. The Labute approximate surface area is 121 Å². The second kappa shape index (κ2) is 5.15. The van der Waals surface area contributed by atoms with E-state index in [2.05, 4.69) is 21.8 Å². The molecular weight excluding hydrogens is 248 g/mol. The van der Waals surface area contributed by atoms with Gasteiger partial charge in [0, 0.05) is 44.2 Å². The second-order valence-electron chi connectivity index (χ2n) is 6.95. The topological polar surface area (TPSA) is 33.1 Å². The summed E-state index contributed by atoms with van der Waals surface area (Å²) in [7, 11) is 2.27. The summed E-state index contributed by atoms with van der Waals surface area (Å²) in [6.07, 6.45) is 6.62. The Morgan fingerprint density at radius 1 is 1.30 bits per heavy atom. The third kappa shape index (κ3) is 2.40. The maximum absolute atomic E-state index is 4.98. The van der Waals surface area contributed by atoms with Crippen LogP contribution in [0.2, 0.25) is 0 Å². The number of nitrogens with one attached hydrogen (secondary N) is 1. The quantitative estimate of drug-likeness (QED) is 0.911. The molecule has 1 aliphatic carbocycles. The Kier molecular flexibility index (Phi) is 3.31. The van der Waals surface area contributed by atoms with Crippen molar-refractivity contribution in [3.63, 3.8) is 0 Å². The molecule has 1 saturated heterocycles. The molecule has 1 atom stereocenters. The maximum atomic E-state index is 4.98. The third-order valence-corrected chi connectivity index (χ3v) is 5.12. The highest BCUT2D eigenvalue weighted by Gasteiger charge is 2.32. The molecule has 20 heavy (non-hydrogen) atoms. The summed E-state index contributed by atoms with van der Waals surface area (Å²) in [5, 5.41) is 3.47. The number of likely N-dealkylation sites (tertiary alicyclic amines) is 1. The SMILES string of the molecule is CN1CCCC(Cn2c(C3CC3)nc3c2CCNC3)C1. The summed E-state index contributed by atoms with van der Waals surface area (Å²) in [6.45, 7) is 5.84. The van der Waals surface area contributed by atoms with Crippen molar-refractivity contribution in [1.82, 2.24) is 19.8 Å². The molecule has 1 N–H and O–H groups in total. The molecule has 1 saturated carbocycles. The molecule has 3 heterocycles. The van der Waals surface area contributed by atoms with Crippen molar-refractivity contribution in [2.45, 2.75) is 51.1 Å². The first-order valence-electron chi connectivity index (χ1n) is 8.28. The smallest absolute Gasteiger partial charge is 0.112 e. The summed E-state index contributed by atoms with van der Waals surface area (Å²) in [6, 6.07) is 0. The van der Waals surface area contributed by atoms with Gasteiger partial charge in [0.1, 0.15) is 5.82 Å². The van der Waals surface area contributed by atoms with E-state index >= 15 is 0 Å². The molecule has 1 aromatic heterocycles. The predicted octanol–water partition coefficient (Wildman–Crippen LogP) is 1.75. The van der Waals surface area contributed by atoms with Crippen LogP contribution in [0.5, 0.6) is 0 Å². The van der Waals surface area contributed by atoms with Crippen LogP contribution in [0.4, 0.5) is 0 Å². The summed E-state index contributed by atoms with van der Waals surface area (Å²) in [4.78, 5) is 7.48. The first-order valence-corrected chi connectivity index (χ1v) is 8.28. The van der Waals surface area contributed by atoms with Crippen molar-refractivity contribution < 1.29 is 0 Å². The lowest BCUT2D eigenvalue weighted by Crippen LogP contribution is -2.35. The van der Waals surface area contributed by atoms with E-state index in [1.54, 1.807) is 5.69 Å². The van der Waals surface area contributed by atoms with Gasteiger partial charge in [0.15, 0.2) is 0 Å². The normalized spacial score (nSPS) is 27.6. The standard InChI is InChI=1S/C16H26N4/c1-19-8-2-3-12(10-19)11-20-15-6-7-17-9-14(15)18-16(20)13-4-5-13/h12-13,17H,2-11H2,1H3. The van der Waals surface area contributed by atoms with Crippen LogP contribution >= 0.6 is 0 Å². The monoisotopic (exact) mass is 274 g/mol. The van der Waals surface area contributed by atoms with Crippen LogP contribution in [-0.2, 0) is 19.5 Å². The third-order valence-electron chi connectivity index (χ3n) is 5.12. The Morgan fingerprint density at radius 2 is 2.20 bits per heavy atom. The van der Waals surface area contributed by atoms with Gasteiger partial charge in [-0.3, -0.25) is 0 Å². The van der Waals surface area contributed by atoms with E-state index in [4.69, 9.17) is 4.98 Å². The Morgan fingerprint density at radius 3 is 3.00 bits per heavy atom. The highest BCUT2D eigenvalue weighted by Crippen LogP contribution is 2.41. The average molecular weight is 274 g/mol. The lowest BCUT2D eigenvalue weighted by atomic mass is 9.98. The number of fused-ring (bicyclic) bond motifs is 1. The molecule has 2 aliphatic heterocycles. The van der Waals surface area contributed by atoms with E-state index in [0.29, 0.717) is 0 Å². The molecule has 0 bridgehead atoms. The number of hydrogen-bond donors (Lipinski definition) is 1. The van der Waals surface area contributed by atoms with Gasteiger partial charge < -0.3 is 14.8 Å². The zero-order valence-corrected chi connectivity index (χ0v) is 12.6. The van der Waals surface area contributed by atoms with Crippen molar-refractivity contribution in [3.8, 4) is 0 Å². The number of hydrogen-bond acceptors (Lipinski definition) is 3. The van der Waals surface area contributed by atoms with Gasteiger partial charge in [-0.05, 0) is 45.2 Å². The zero-order valence-electron chi connectivity index (χ0n) is 12.6. The van der Waals surface area contributed by atoms with Crippen LogP contribution in [0.25, 0.3) is 0 Å². The summed E-state index contributed by atoms with van der Waals surface area (Å²) < 4.78 is 2.62. The zero-order chi connectivity index (χ0) is 13.5. The highest BCUT2D eigenvalue weighted by atomic mass is 15.2. The van der Waals surface area contributed by atoms with Gasteiger partial charge >= 0.3 is 0 Å². The molecule has 1 unspecified atom stereocenters. The number of rotatable bonds is 3. The molecular formula is C16H26N4. The summed E-state index contributed by atoms with van der Waals surface area (Å²) in [5.74, 6) is 2.99. The summed E-state index contributed by atoms with van der Waals surface area (Å²) >= 11 is 0. The van der Waals surface area contributed by atoms with Gasteiger partial charge in [-0.2, -0.15) is 0 Å². The van der Waals surface area contributed by atoms with Gasteiger partial charge in [-0.25, -0.2) is 4.98 Å². The molecule has 4 heteroatoms. The van der Waals surface area contributed by atoms with Gasteiger partial charge in [0.25, 0.3) is 0 Å². The molecule has 3 aliphatic rings. The van der Waals surface area contributed by atoms with Crippen molar-refractivity contribution in [2.24, 2.45) is 5.92 Å². The first kappa shape index (κ1) is 12.8. The van der Waals surface area contributed by atoms with Crippen molar-refractivity contribution in [1.29, 1.82) is 0 Å². The van der Waals surface area contributed by atoms with E-state index in [-0.39, 0.29) is 0 Å². The number of nitrogens with zero attached hydrogens (tertiary/aromatic N) is 3. The molecule has 0 aromatic carbocycles. The van der Waals surface area contributed by atoms with Crippen LogP contribution in [0.3, 0.4) is 0 Å². The Hall–Kier alpha value is -0.870. The van der Waals surface area contributed by atoms with Gasteiger partial charge in [-0.15, -0.1) is 0 Å². The van der Waals surface area contributed by atoms with E-state index in [1.807, 2.05) is 0 Å². The van der Waals surface area contributed by atoms with Crippen LogP contribution in [-0.4, -0.2) is 41.1 Å². The molecule has 110 valence electrons. The van der Waals surface area contributed by atoms with Crippen LogP contribution < -0.4 is 5.32 Å². The fourth-order valence-corrected chi connectivity index (χ4v) is 3.93. The lowest BCUT2D eigenvalue weighted by Gasteiger charge is -2.31. The molecule has 2 fully saturated rings. The number of imidazole rings is 1. The molecule has 0 spiro atoms. The molecule has 4 nitrogen and oxygen atoms in total. The minimum atomic E-state index is 0.766. The Bertz CT molecular complexity index is 489. The molecule has 1 aromatic rings. The Balaban J connectivity index is 1.60. The van der Waals surface area contributed by atoms with Crippen molar-refractivity contribution in [2.75, 3.05) is 26.7 Å². The van der Waals surface area contributed by atoms with Crippen LogP contribution in [0.1, 0.15) is 48.8 Å². The van der Waals surface area contributed by atoms with Gasteiger partial charge in [-0.1, -0.05) is 0 Å². The second-order valence-corrected chi connectivity index (χ2v) is 6.95. The molecule has 0 radical (unpaired) electrons. The average Bonchev–Trinajstić information content (AvgIpc) is 3.23. The largest absolute Gasteiger partial charge is 0.331 e. The highest BCUT2D eigenvalue weighted by molar-refractivity contribution is 5.24. The van der Waals surface area contributed by atoms with Gasteiger partial charge in [0.05, 0.1) is 5.69 Å². The van der Waals surface area contributed by atoms with Gasteiger partial charge in [0.2, 0.25) is 0 Å². The fraction of sp³-hybridized carbons (Fsp3) is 0.812. The minimum Gasteiger partial charge on any atom is -0.331 e. The van der Waals surface area contributed by atoms with Crippen LogP contribution in [0, 0.1) is 5.92 Å². The molecule has 4 rings (SSSR count). The van der Waals surface area contributed by atoms with Crippen molar-refractivity contribution in [3.05, 3.63) is 17.2 Å². The lowest BCUT2D eigenvalue weighted by molar-refractivity contribution is 0.192. The van der Waals surface area contributed by atoms with E-state index in [9.17, 15) is 0 Å². The molecule has 0 amide bonds. The van der Waals surface area contributed by atoms with E-state index in [0.717, 1.165) is 31.3 Å². The minimum absolute atomic E-state index is 0.766. The fourth-order valence-electron chi connectivity index (χ4n) is 3.93. The van der Waals surface area contributed by atoms with E-state index in [1.165, 1.54) is 56.8 Å². The van der Waals surface area contributed by atoms with Crippen LogP contribution in [0.15, 0.2) is 0 Å². The maximum Gasteiger partial charge on any atom is 0.112 e. The summed E-state index contributed by atoms with van der Waals surface area (Å²) in [5.41, 5.74) is 2.88. The number of aromatic nitrogens is 2. The first-order chi connectivity index (χ1) is 9.81. The van der Waals surface area contributed by atoms with E-state index < -0.39 is 0 Å².